The van der Waals surface area contributed by atoms with E-state index in [1.54, 1.807) is 13.8 Å². The Morgan fingerprint density at radius 3 is 2.44 bits per heavy atom. The van der Waals surface area contributed by atoms with Gasteiger partial charge in [0.15, 0.2) is 0 Å². The lowest BCUT2D eigenvalue weighted by Gasteiger charge is -2.20. The van der Waals surface area contributed by atoms with Crippen molar-refractivity contribution < 1.29 is 18.7 Å². The Labute approximate surface area is 162 Å². The van der Waals surface area contributed by atoms with Crippen LogP contribution in [-0.4, -0.2) is 11.8 Å². The third kappa shape index (κ3) is 3.74. The fraction of sp³-hybridized carbons (Fsp3) is 0.238. The number of nitrogens with zero attached hydrogens (tertiary/aromatic N) is 1. The number of carbonyl (C=O) groups is 2. The van der Waals surface area contributed by atoms with Crippen molar-refractivity contribution in [2.45, 2.75) is 33.3 Å². The van der Waals surface area contributed by atoms with Crippen LogP contribution in [0.5, 0.6) is 5.75 Å². The van der Waals surface area contributed by atoms with Crippen LogP contribution in [0.2, 0.25) is 5.02 Å². The molecule has 0 aliphatic carbocycles. The predicted molar refractivity (Wildman–Crippen MR) is 102 cm³/mol. The van der Waals surface area contributed by atoms with Gasteiger partial charge in [-0.2, -0.15) is 0 Å². The molecule has 0 N–H and O–H groups in total. The lowest BCUT2D eigenvalue weighted by Crippen LogP contribution is -2.30. The molecule has 140 valence electrons. The van der Waals surface area contributed by atoms with Gasteiger partial charge >= 0.3 is 0 Å². The zero-order chi connectivity index (χ0) is 19.7. The maximum absolute atomic E-state index is 14.5. The van der Waals surface area contributed by atoms with Crippen LogP contribution < -0.4 is 9.64 Å². The van der Waals surface area contributed by atoms with Crippen molar-refractivity contribution in [2.24, 2.45) is 0 Å². The van der Waals surface area contributed by atoms with Gasteiger partial charge in [-0.1, -0.05) is 47.5 Å². The molecule has 2 aromatic carbocycles. The summed E-state index contributed by atoms with van der Waals surface area (Å²) in [4.78, 5) is 25.7. The van der Waals surface area contributed by atoms with Crippen LogP contribution in [0.25, 0.3) is 0 Å². The van der Waals surface area contributed by atoms with E-state index in [0.29, 0.717) is 5.57 Å². The molecule has 0 radical (unpaired) electrons. The molecule has 3 rings (SSSR count). The van der Waals surface area contributed by atoms with Gasteiger partial charge in [-0.3, -0.25) is 9.59 Å². The number of hydrogen-bond acceptors (Lipinski definition) is 3. The average Bonchev–Trinajstić information content (AvgIpc) is 2.93. The summed E-state index contributed by atoms with van der Waals surface area (Å²) in [7, 11) is 0. The van der Waals surface area contributed by atoms with Crippen molar-refractivity contribution in [3.8, 4) is 5.75 Å². The van der Waals surface area contributed by atoms with Crippen LogP contribution in [0.1, 0.15) is 38.9 Å². The van der Waals surface area contributed by atoms with Crippen molar-refractivity contribution in [1.82, 2.24) is 0 Å². The minimum atomic E-state index is -0.753. The Balaban J connectivity index is 1.97. The molecule has 27 heavy (non-hydrogen) atoms. The number of anilines is 1. The van der Waals surface area contributed by atoms with E-state index in [0.717, 1.165) is 22.1 Å². The Hall–Kier alpha value is -2.66. The highest BCUT2D eigenvalue weighted by Crippen LogP contribution is 2.37. The van der Waals surface area contributed by atoms with E-state index in [1.165, 1.54) is 6.07 Å². The zero-order valence-electron chi connectivity index (χ0n) is 15.3. The van der Waals surface area contributed by atoms with Gasteiger partial charge in [-0.05, 0) is 32.4 Å². The molecular formula is C21H19ClFNO3. The summed E-state index contributed by atoms with van der Waals surface area (Å²) in [5.41, 5.74) is 1.88. The predicted octanol–water partition coefficient (Wildman–Crippen LogP) is 5.22. The van der Waals surface area contributed by atoms with Gasteiger partial charge in [0, 0.05) is 11.6 Å². The Kier molecular flexibility index (Phi) is 5.33. The average molecular weight is 388 g/mol. The molecule has 1 saturated heterocycles. The number of amides is 2. The molecule has 0 spiro atoms. The number of ether oxygens (including phenoxy) is 1. The maximum Gasteiger partial charge on any atom is 0.261 e. The molecule has 0 saturated carbocycles. The lowest BCUT2D eigenvalue weighted by molar-refractivity contribution is -0.120. The first-order valence-corrected chi connectivity index (χ1v) is 8.91. The molecule has 1 aliphatic heterocycles. The van der Waals surface area contributed by atoms with E-state index in [1.807, 2.05) is 37.3 Å². The van der Waals surface area contributed by atoms with Gasteiger partial charge in [0.1, 0.15) is 17.7 Å². The van der Waals surface area contributed by atoms with Crippen LogP contribution in [0, 0.1) is 5.82 Å². The largest absolute Gasteiger partial charge is 0.484 e. The van der Waals surface area contributed by atoms with Crippen molar-refractivity contribution in [2.75, 3.05) is 4.90 Å². The van der Waals surface area contributed by atoms with Crippen molar-refractivity contribution >= 4 is 29.1 Å². The van der Waals surface area contributed by atoms with Crippen LogP contribution in [0.3, 0.4) is 0 Å². The summed E-state index contributed by atoms with van der Waals surface area (Å²) in [6, 6.07) is 11.8. The molecule has 1 atom stereocenters. The molecular weight excluding hydrogens is 369 g/mol. The normalized spacial score (nSPS) is 15.3. The zero-order valence-corrected chi connectivity index (χ0v) is 16.0. The van der Waals surface area contributed by atoms with Crippen molar-refractivity contribution in [3.63, 3.8) is 0 Å². The van der Waals surface area contributed by atoms with Crippen LogP contribution in [0.4, 0.5) is 10.1 Å². The first-order valence-electron chi connectivity index (χ1n) is 8.54. The second-order valence-electron chi connectivity index (χ2n) is 6.59. The van der Waals surface area contributed by atoms with E-state index in [4.69, 9.17) is 16.3 Å². The summed E-state index contributed by atoms with van der Waals surface area (Å²) in [5, 5.41) is 0.0700. The minimum absolute atomic E-state index is 0.0418. The first kappa shape index (κ1) is 19.1. The van der Waals surface area contributed by atoms with Gasteiger partial charge in [0.2, 0.25) is 5.91 Å². The smallest absolute Gasteiger partial charge is 0.261 e. The van der Waals surface area contributed by atoms with E-state index >= 15 is 0 Å². The summed E-state index contributed by atoms with van der Waals surface area (Å²) in [6.07, 6.45) is -0.389. The molecule has 0 aromatic heterocycles. The second kappa shape index (κ2) is 7.53. The second-order valence-corrected chi connectivity index (χ2v) is 7.00. The van der Waals surface area contributed by atoms with E-state index in [-0.39, 0.29) is 29.0 Å². The number of imide groups is 1. The Morgan fingerprint density at radius 2 is 1.85 bits per heavy atom. The van der Waals surface area contributed by atoms with Crippen molar-refractivity contribution in [3.05, 3.63) is 70.0 Å². The number of allylic oxidation sites excluding steroid dienone is 1. The molecule has 1 unspecified atom stereocenters. The summed E-state index contributed by atoms with van der Waals surface area (Å²) < 4.78 is 20.4. The topological polar surface area (TPSA) is 46.6 Å². The van der Waals surface area contributed by atoms with Gasteiger partial charge < -0.3 is 4.74 Å². The number of carbonyl (C=O) groups excluding carboxylic acids is 2. The highest BCUT2D eigenvalue weighted by atomic mass is 35.5. The highest BCUT2D eigenvalue weighted by Gasteiger charge is 2.37. The van der Waals surface area contributed by atoms with Gasteiger partial charge in [-0.25, -0.2) is 9.29 Å². The van der Waals surface area contributed by atoms with E-state index < -0.39 is 17.6 Å². The fourth-order valence-electron chi connectivity index (χ4n) is 2.95. The van der Waals surface area contributed by atoms with E-state index in [9.17, 15) is 14.0 Å². The van der Waals surface area contributed by atoms with Gasteiger partial charge in [-0.15, -0.1) is 0 Å². The van der Waals surface area contributed by atoms with Gasteiger partial charge in [0.25, 0.3) is 5.91 Å². The molecule has 0 bridgehead atoms. The lowest BCUT2D eigenvalue weighted by atomic mass is 10.1. The minimum Gasteiger partial charge on any atom is -0.484 e. The number of hydrogen-bond donors (Lipinski definition) is 0. The van der Waals surface area contributed by atoms with E-state index in [2.05, 4.69) is 0 Å². The van der Waals surface area contributed by atoms with Crippen LogP contribution >= 0.6 is 11.6 Å². The Morgan fingerprint density at radius 1 is 1.19 bits per heavy atom. The molecule has 2 amide bonds. The summed E-state index contributed by atoms with van der Waals surface area (Å²) in [6.45, 7) is 5.33. The highest BCUT2D eigenvalue weighted by molar-refractivity contribution is 6.32. The van der Waals surface area contributed by atoms with Crippen molar-refractivity contribution in [1.29, 1.82) is 0 Å². The Bertz CT molecular complexity index is 936. The van der Waals surface area contributed by atoms with Crippen LogP contribution in [0.15, 0.2) is 53.6 Å². The fourth-order valence-corrected chi connectivity index (χ4v) is 3.15. The molecule has 6 heteroatoms. The molecule has 1 aliphatic rings. The monoisotopic (exact) mass is 387 g/mol. The third-order valence-corrected chi connectivity index (χ3v) is 4.75. The molecule has 2 aromatic rings. The van der Waals surface area contributed by atoms with Gasteiger partial charge in [0.05, 0.1) is 17.1 Å². The number of benzene rings is 2. The summed E-state index contributed by atoms with van der Waals surface area (Å²) >= 11 is 6.13. The van der Waals surface area contributed by atoms with Crippen LogP contribution in [-0.2, 0) is 9.59 Å². The quantitative estimate of drug-likeness (QED) is 0.533. The molecule has 1 heterocycles. The third-order valence-electron chi connectivity index (χ3n) is 4.46. The number of rotatable bonds is 4. The maximum atomic E-state index is 14.5. The molecule has 1 fully saturated rings. The SMILES string of the molecule is CC(C)=C1CC(=O)N(c2cc(OC(C)c3ccccc3)c(Cl)cc2F)C1=O. The first-order chi connectivity index (χ1) is 12.8. The number of halogens is 2. The summed E-state index contributed by atoms with van der Waals surface area (Å²) in [5.74, 6) is -1.53. The molecule has 4 nitrogen and oxygen atoms in total. The standard InChI is InChI=1S/C21H19ClFNO3/c1-12(2)15-9-20(25)24(21(15)26)18-11-19(16(22)10-17(18)23)27-13(3)14-7-5-4-6-8-14/h4-8,10-11,13H,9H2,1-3H3.